The Hall–Kier alpha value is -2.38. The molecule has 3 rings (SSSR count). The van der Waals surface area contributed by atoms with E-state index in [1.54, 1.807) is 61.5 Å². The molecule has 144 valence electrons. The van der Waals surface area contributed by atoms with Gasteiger partial charge in [0, 0.05) is 25.8 Å². The summed E-state index contributed by atoms with van der Waals surface area (Å²) < 4.78 is 32.3. The molecular weight excluding hydrogens is 364 g/mol. The number of carbonyl (C=O) groups is 1. The zero-order valence-electron chi connectivity index (χ0n) is 15.5. The molecule has 1 atom stereocenters. The number of rotatable bonds is 5. The van der Waals surface area contributed by atoms with E-state index in [4.69, 9.17) is 4.74 Å². The summed E-state index contributed by atoms with van der Waals surface area (Å²) in [5, 5.41) is 0. The van der Waals surface area contributed by atoms with E-state index in [2.05, 4.69) is 0 Å². The fourth-order valence-electron chi connectivity index (χ4n) is 3.31. The number of methoxy groups -OCH3 is 1. The second-order valence-electron chi connectivity index (χ2n) is 6.61. The Bertz CT molecular complexity index is 882. The van der Waals surface area contributed by atoms with Gasteiger partial charge in [-0.25, -0.2) is 8.42 Å². The number of hydrogen-bond donors (Lipinski definition) is 0. The Balaban J connectivity index is 1.74. The molecule has 0 N–H and O–H groups in total. The van der Waals surface area contributed by atoms with Crippen molar-refractivity contribution >= 4 is 21.6 Å². The number of nitrogens with zero attached hydrogens (tertiary/aromatic N) is 2. The van der Waals surface area contributed by atoms with Crippen LogP contribution in [0.3, 0.4) is 0 Å². The highest BCUT2D eigenvalue weighted by atomic mass is 32.2. The van der Waals surface area contributed by atoms with Crippen molar-refractivity contribution in [3.63, 3.8) is 0 Å². The van der Waals surface area contributed by atoms with Crippen LogP contribution in [0.5, 0.6) is 5.75 Å². The highest BCUT2D eigenvalue weighted by Gasteiger charge is 2.34. The van der Waals surface area contributed by atoms with E-state index in [0.717, 1.165) is 11.4 Å². The van der Waals surface area contributed by atoms with Crippen LogP contribution in [-0.2, 0) is 14.8 Å². The predicted octanol–water partition coefficient (Wildman–Crippen LogP) is 2.76. The van der Waals surface area contributed by atoms with Crippen molar-refractivity contribution in [3.05, 3.63) is 54.6 Å². The first-order chi connectivity index (χ1) is 12.9. The third-order valence-electron chi connectivity index (χ3n) is 4.90. The van der Waals surface area contributed by atoms with Gasteiger partial charge in [0.1, 0.15) is 5.75 Å². The van der Waals surface area contributed by atoms with Gasteiger partial charge in [0.15, 0.2) is 0 Å². The number of amides is 1. The number of benzene rings is 2. The van der Waals surface area contributed by atoms with Crippen LogP contribution >= 0.6 is 0 Å². The molecule has 1 heterocycles. The summed E-state index contributed by atoms with van der Waals surface area (Å²) in [6, 6.07) is 15.6. The molecule has 7 heteroatoms. The van der Waals surface area contributed by atoms with Gasteiger partial charge in [0.25, 0.3) is 0 Å². The van der Waals surface area contributed by atoms with Gasteiger partial charge in [-0.3, -0.25) is 4.79 Å². The molecule has 0 radical (unpaired) electrons. The molecule has 0 aromatic heterocycles. The molecule has 2 aromatic carbocycles. The molecule has 1 aliphatic heterocycles. The molecule has 1 fully saturated rings. The summed E-state index contributed by atoms with van der Waals surface area (Å²) in [6.45, 7) is 0.643. The second-order valence-corrected chi connectivity index (χ2v) is 8.55. The molecule has 2 aromatic rings. The highest BCUT2D eigenvalue weighted by Crippen LogP contribution is 2.27. The first-order valence-corrected chi connectivity index (χ1v) is 10.3. The molecule has 1 saturated heterocycles. The maximum atomic E-state index is 12.9. The van der Waals surface area contributed by atoms with Crippen LogP contribution in [-0.4, -0.2) is 45.9 Å². The lowest BCUT2D eigenvalue weighted by atomic mass is 9.98. The smallest absolute Gasteiger partial charge is 0.243 e. The third-order valence-corrected chi connectivity index (χ3v) is 6.78. The van der Waals surface area contributed by atoms with Gasteiger partial charge in [-0.2, -0.15) is 4.31 Å². The van der Waals surface area contributed by atoms with Crippen LogP contribution < -0.4 is 9.64 Å². The third kappa shape index (κ3) is 4.14. The van der Waals surface area contributed by atoms with Crippen LogP contribution in [0.2, 0.25) is 0 Å². The molecule has 0 unspecified atom stereocenters. The van der Waals surface area contributed by atoms with E-state index in [1.807, 2.05) is 12.1 Å². The monoisotopic (exact) mass is 388 g/mol. The first-order valence-electron chi connectivity index (χ1n) is 8.90. The Morgan fingerprint density at radius 3 is 2.41 bits per heavy atom. The number of ether oxygens (including phenoxy) is 1. The fourth-order valence-corrected chi connectivity index (χ4v) is 4.86. The minimum atomic E-state index is -3.58. The van der Waals surface area contributed by atoms with Crippen LogP contribution in [0.15, 0.2) is 59.5 Å². The van der Waals surface area contributed by atoms with Crippen LogP contribution in [0.1, 0.15) is 12.8 Å². The van der Waals surface area contributed by atoms with E-state index in [-0.39, 0.29) is 23.3 Å². The molecule has 1 aliphatic rings. The van der Waals surface area contributed by atoms with Gasteiger partial charge in [-0.1, -0.05) is 18.2 Å². The minimum Gasteiger partial charge on any atom is -0.497 e. The van der Waals surface area contributed by atoms with Gasteiger partial charge in [0.2, 0.25) is 15.9 Å². The van der Waals surface area contributed by atoms with E-state index in [0.29, 0.717) is 19.4 Å². The maximum absolute atomic E-state index is 12.9. The maximum Gasteiger partial charge on any atom is 0.243 e. The van der Waals surface area contributed by atoms with Crippen molar-refractivity contribution in [1.29, 1.82) is 0 Å². The quantitative estimate of drug-likeness (QED) is 0.790. The van der Waals surface area contributed by atoms with Crippen LogP contribution in [0.4, 0.5) is 5.69 Å². The minimum absolute atomic E-state index is 0.0758. The van der Waals surface area contributed by atoms with Gasteiger partial charge < -0.3 is 9.64 Å². The van der Waals surface area contributed by atoms with Gasteiger partial charge in [-0.05, 0) is 49.2 Å². The van der Waals surface area contributed by atoms with Gasteiger partial charge >= 0.3 is 0 Å². The molecule has 27 heavy (non-hydrogen) atoms. The van der Waals surface area contributed by atoms with Gasteiger partial charge in [-0.15, -0.1) is 0 Å². The highest BCUT2D eigenvalue weighted by molar-refractivity contribution is 7.89. The Labute approximate surface area is 160 Å². The summed E-state index contributed by atoms with van der Waals surface area (Å²) in [6.07, 6.45) is 1.35. The molecule has 0 aliphatic carbocycles. The number of sulfonamides is 1. The van der Waals surface area contributed by atoms with Crippen molar-refractivity contribution in [2.75, 3.05) is 32.1 Å². The van der Waals surface area contributed by atoms with E-state index in [9.17, 15) is 13.2 Å². The van der Waals surface area contributed by atoms with Crippen molar-refractivity contribution in [3.8, 4) is 5.75 Å². The summed E-state index contributed by atoms with van der Waals surface area (Å²) in [5.74, 6) is 0.287. The van der Waals surface area contributed by atoms with Crippen molar-refractivity contribution in [1.82, 2.24) is 4.31 Å². The van der Waals surface area contributed by atoms with E-state index in [1.165, 1.54) is 4.31 Å². The van der Waals surface area contributed by atoms with Crippen LogP contribution in [0, 0.1) is 5.92 Å². The Kier molecular flexibility index (Phi) is 5.82. The average molecular weight is 388 g/mol. The lowest BCUT2D eigenvalue weighted by Gasteiger charge is -2.33. The van der Waals surface area contributed by atoms with Gasteiger partial charge in [0.05, 0.1) is 17.9 Å². The topological polar surface area (TPSA) is 66.9 Å². The van der Waals surface area contributed by atoms with Crippen molar-refractivity contribution in [2.45, 2.75) is 17.7 Å². The lowest BCUT2D eigenvalue weighted by molar-refractivity contribution is -0.123. The normalized spacial score (nSPS) is 18.1. The van der Waals surface area contributed by atoms with Crippen LogP contribution in [0.25, 0.3) is 0 Å². The van der Waals surface area contributed by atoms with Crippen molar-refractivity contribution < 1.29 is 17.9 Å². The number of piperidine rings is 1. The fraction of sp³-hybridized carbons (Fsp3) is 0.350. The summed E-state index contributed by atoms with van der Waals surface area (Å²) in [7, 11) is -0.274. The second kappa shape index (κ2) is 8.10. The summed E-state index contributed by atoms with van der Waals surface area (Å²) in [4.78, 5) is 14.8. The lowest BCUT2D eigenvalue weighted by Crippen LogP contribution is -2.45. The molecule has 1 amide bonds. The van der Waals surface area contributed by atoms with Crippen molar-refractivity contribution in [2.24, 2.45) is 5.92 Å². The van der Waals surface area contributed by atoms with E-state index < -0.39 is 10.0 Å². The predicted molar refractivity (Wildman–Crippen MR) is 104 cm³/mol. The summed E-state index contributed by atoms with van der Waals surface area (Å²) >= 11 is 0. The molecule has 0 saturated carbocycles. The average Bonchev–Trinajstić information content (AvgIpc) is 2.73. The van der Waals surface area contributed by atoms with E-state index >= 15 is 0 Å². The zero-order valence-corrected chi connectivity index (χ0v) is 16.4. The molecule has 0 bridgehead atoms. The Morgan fingerprint density at radius 2 is 1.78 bits per heavy atom. The standard InChI is InChI=1S/C20H24N2O4S/c1-21(17-10-12-18(26-2)13-11-17)20(23)16-7-6-14-22(15-16)27(24,25)19-8-4-3-5-9-19/h3-5,8-13,16H,6-7,14-15H2,1-2H3/t16-/m0/s1. The summed E-state index contributed by atoms with van der Waals surface area (Å²) in [5.41, 5.74) is 0.754. The zero-order chi connectivity index (χ0) is 19.4. The molecule has 6 nitrogen and oxygen atoms in total. The largest absolute Gasteiger partial charge is 0.497 e. The first kappa shape index (κ1) is 19.4. The number of hydrogen-bond acceptors (Lipinski definition) is 4. The molecular formula is C20H24N2O4S. The molecule has 0 spiro atoms. The Morgan fingerprint density at radius 1 is 1.11 bits per heavy atom. The SMILES string of the molecule is COc1ccc(N(C)C(=O)[C@H]2CCCN(S(=O)(=O)c3ccccc3)C2)cc1. The number of carbonyl (C=O) groups excluding carboxylic acids is 1. The number of anilines is 1.